The van der Waals surface area contributed by atoms with Gasteiger partial charge in [-0.05, 0) is 67.8 Å². The molecule has 0 bridgehead atoms. The summed E-state index contributed by atoms with van der Waals surface area (Å²) in [5, 5.41) is 3.15. The molecule has 0 radical (unpaired) electrons. The summed E-state index contributed by atoms with van der Waals surface area (Å²) in [5.74, 6) is -0.817. The molecule has 1 saturated heterocycles. The van der Waals surface area contributed by atoms with Crippen LogP contribution in [0.3, 0.4) is 0 Å². The Morgan fingerprint density at radius 2 is 1.92 bits per heavy atom. The Hall–Kier alpha value is -1.96. The van der Waals surface area contributed by atoms with Gasteiger partial charge in [-0.2, -0.15) is 4.31 Å². The van der Waals surface area contributed by atoms with Gasteiger partial charge in [-0.1, -0.05) is 11.6 Å². The quantitative estimate of drug-likeness (QED) is 0.858. The number of hydrogen-bond acceptors (Lipinski definition) is 3. The monoisotopic (exact) mass is 396 g/mol. The molecule has 1 aliphatic heterocycles. The fourth-order valence-corrected chi connectivity index (χ4v) is 4.80. The molecule has 138 valence electrons. The van der Waals surface area contributed by atoms with Gasteiger partial charge >= 0.3 is 0 Å². The van der Waals surface area contributed by atoms with E-state index >= 15 is 0 Å². The highest BCUT2D eigenvalue weighted by Gasteiger charge is 2.39. The third kappa shape index (κ3) is 3.75. The Kier molecular flexibility index (Phi) is 5.32. The lowest BCUT2D eigenvalue weighted by atomic mass is 10.1. The predicted octanol–water partition coefficient (Wildman–Crippen LogP) is 3.58. The fraction of sp³-hybridized carbons (Fsp3) is 0.278. The van der Waals surface area contributed by atoms with Crippen LogP contribution < -0.4 is 5.32 Å². The van der Waals surface area contributed by atoms with Gasteiger partial charge in [0.25, 0.3) is 0 Å². The number of halogens is 2. The lowest BCUT2D eigenvalue weighted by molar-refractivity contribution is -0.119. The first-order valence-corrected chi connectivity index (χ1v) is 9.95. The van der Waals surface area contributed by atoms with Crippen molar-refractivity contribution in [2.45, 2.75) is 30.7 Å². The van der Waals surface area contributed by atoms with Crippen LogP contribution in [0.2, 0.25) is 5.02 Å². The number of sulfonamides is 1. The Bertz CT molecular complexity index is 932. The number of hydrogen-bond donors (Lipinski definition) is 1. The van der Waals surface area contributed by atoms with Crippen LogP contribution in [0, 0.1) is 12.7 Å². The Morgan fingerprint density at radius 3 is 2.58 bits per heavy atom. The second-order valence-electron chi connectivity index (χ2n) is 6.18. The van der Waals surface area contributed by atoms with Crippen molar-refractivity contribution in [3.8, 4) is 0 Å². The molecule has 1 aliphatic rings. The molecular weight excluding hydrogens is 379 g/mol. The van der Waals surface area contributed by atoms with Crippen LogP contribution >= 0.6 is 11.6 Å². The maximum Gasteiger partial charge on any atom is 0.243 e. The van der Waals surface area contributed by atoms with E-state index in [4.69, 9.17) is 11.6 Å². The van der Waals surface area contributed by atoms with E-state index in [0.717, 1.165) is 0 Å². The number of aryl methyl sites for hydroxylation is 1. The van der Waals surface area contributed by atoms with Crippen LogP contribution in [0.5, 0.6) is 0 Å². The first-order valence-electron chi connectivity index (χ1n) is 8.13. The van der Waals surface area contributed by atoms with Gasteiger partial charge in [0.15, 0.2) is 0 Å². The summed E-state index contributed by atoms with van der Waals surface area (Å²) in [5.41, 5.74) is 1.04. The zero-order chi connectivity index (χ0) is 18.9. The van der Waals surface area contributed by atoms with E-state index in [0.29, 0.717) is 29.1 Å². The summed E-state index contributed by atoms with van der Waals surface area (Å²) in [6.07, 6.45) is 1.02. The minimum absolute atomic E-state index is 0.0968. The highest BCUT2D eigenvalue weighted by Crippen LogP contribution is 2.28. The van der Waals surface area contributed by atoms with Crippen LogP contribution in [-0.4, -0.2) is 31.2 Å². The number of nitrogens with zero attached hydrogens (tertiary/aromatic N) is 1. The Balaban J connectivity index is 1.83. The van der Waals surface area contributed by atoms with Crippen molar-refractivity contribution in [1.29, 1.82) is 0 Å². The highest BCUT2D eigenvalue weighted by atomic mass is 35.5. The summed E-state index contributed by atoms with van der Waals surface area (Å²) in [6, 6.07) is 9.08. The van der Waals surface area contributed by atoms with Crippen LogP contribution in [0.4, 0.5) is 10.1 Å². The molecular formula is C18H18ClFN2O3S. The molecule has 1 N–H and O–H groups in total. The largest absolute Gasteiger partial charge is 0.324 e. The second-order valence-corrected chi connectivity index (χ2v) is 8.50. The molecule has 0 spiro atoms. The Labute approximate surface area is 156 Å². The molecule has 5 nitrogen and oxygen atoms in total. The first-order chi connectivity index (χ1) is 12.3. The number of benzene rings is 2. The van der Waals surface area contributed by atoms with E-state index in [-0.39, 0.29) is 11.4 Å². The normalized spacial score (nSPS) is 18.0. The molecule has 8 heteroatoms. The van der Waals surface area contributed by atoms with Gasteiger partial charge in [0.1, 0.15) is 11.9 Å². The predicted molar refractivity (Wildman–Crippen MR) is 98.1 cm³/mol. The van der Waals surface area contributed by atoms with Crippen molar-refractivity contribution in [2.75, 3.05) is 11.9 Å². The maximum atomic E-state index is 13.2. The summed E-state index contributed by atoms with van der Waals surface area (Å²) >= 11 is 5.82. The number of amides is 1. The van der Waals surface area contributed by atoms with E-state index in [1.807, 2.05) is 0 Å². The molecule has 26 heavy (non-hydrogen) atoms. The smallest absolute Gasteiger partial charge is 0.243 e. The van der Waals surface area contributed by atoms with Crippen LogP contribution in [0.25, 0.3) is 0 Å². The average molecular weight is 397 g/mol. The third-order valence-electron chi connectivity index (χ3n) is 4.37. The van der Waals surface area contributed by atoms with Gasteiger partial charge in [0.05, 0.1) is 4.90 Å². The van der Waals surface area contributed by atoms with Gasteiger partial charge in [-0.25, -0.2) is 12.8 Å². The molecule has 2 aromatic rings. The number of carbonyl (C=O) groups is 1. The average Bonchev–Trinajstić information content (AvgIpc) is 3.08. The molecule has 1 atom stereocenters. The third-order valence-corrected chi connectivity index (χ3v) is 6.55. The van der Waals surface area contributed by atoms with Gasteiger partial charge in [0, 0.05) is 17.3 Å². The zero-order valence-electron chi connectivity index (χ0n) is 14.1. The lowest BCUT2D eigenvalue weighted by Crippen LogP contribution is -2.43. The SMILES string of the molecule is Cc1cc(F)ccc1NC(=O)C1CCCN1S(=O)(=O)c1ccc(Cl)cc1. The fourth-order valence-electron chi connectivity index (χ4n) is 3.02. The molecule has 2 aromatic carbocycles. The number of rotatable bonds is 4. The van der Waals surface area contributed by atoms with E-state index < -0.39 is 27.8 Å². The molecule has 1 fully saturated rings. The van der Waals surface area contributed by atoms with E-state index in [1.165, 1.54) is 46.8 Å². The molecule has 0 saturated carbocycles. The molecule has 1 unspecified atom stereocenters. The van der Waals surface area contributed by atoms with Gasteiger partial charge in [-0.15, -0.1) is 0 Å². The zero-order valence-corrected chi connectivity index (χ0v) is 15.6. The van der Waals surface area contributed by atoms with Crippen molar-refractivity contribution in [3.05, 3.63) is 58.9 Å². The van der Waals surface area contributed by atoms with E-state index in [9.17, 15) is 17.6 Å². The van der Waals surface area contributed by atoms with E-state index in [2.05, 4.69) is 5.32 Å². The van der Waals surface area contributed by atoms with Crippen molar-refractivity contribution in [1.82, 2.24) is 4.31 Å². The van der Waals surface area contributed by atoms with Gasteiger partial charge in [-0.3, -0.25) is 4.79 Å². The highest BCUT2D eigenvalue weighted by molar-refractivity contribution is 7.89. The van der Waals surface area contributed by atoms with E-state index in [1.54, 1.807) is 6.92 Å². The standard InChI is InChI=1S/C18H18ClFN2O3S/c1-12-11-14(20)6-9-16(12)21-18(23)17-3-2-10-22(17)26(24,25)15-7-4-13(19)5-8-15/h4-9,11,17H,2-3,10H2,1H3,(H,21,23). The summed E-state index contributed by atoms with van der Waals surface area (Å²) in [7, 11) is -3.80. The topological polar surface area (TPSA) is 66.5 Å². The number of carbonyl (C=O) groups excluding carboxylic acids is 1. The molecule has 1 amide bonds. The minimum Gasteiger partial charge on any atom is -0.324 e. The minimum atomic E-state index is -3.80. The summed E-state index contributed by atoms with van der Waals surface area (Å²) in [6.45, 7) is 1.95. The van der Waals surface area contributed by atoms with Gasteiger partial charge < -0.3 is 5.32 Å². The van der Waals surface area contributed by atoms with Crippen molar-refractivity contribution >= 4 is 33.2 Å². The van der Waals surface area contributed by atoms with Gasteiger partial charge in [0.2, 0.25) is 15.9 Å². The maximum absolute atomic E-state index is 13.2. The van der Waals surface area contributed by atoms with Crippen LogP contribution in [0.15, 0.2) is 47.4 Å². The molecule has 3 rings (SSSR count). The van der Waals surface area contributed by atoms with Crippen LogP contribution in [0.1, 0.15) is 18.4 Å². The molecule has 1 heterocycles. The Morgan fingerprint density at radius 1 is 1.23 bits per heavy atom. The second kappa shape index (κ2) is 7.34. The number of anilines is 1. The van der Waals surface area contributed by atoms with Crippen LogP contribution in [-0.2, 0) is 14.8 Å². The summed E-state index contributed by atoms with van der Waals surface area (Å²) in [4.78, 5) is 12.8. The summed E-state index contributed by atoms with van der Waals surface area (Å²) < 4.78 is 40.2. The lowest BCUT2D eigenvalue weighted by Gasteiger charge is -2.23. The molecule has 0 aromatic heterocycles. The van der Waals surface area contributed by atoms with Crippen molar-refractivity contribution in [2.24, 2.45) is 0 Å². The van der Waals surface area contributed by atoms with Crippen molar-refractivity contribution in [3.63, 3.8) is 0 Å². The molecule has 0 aliphatic carbocycles. The first kappa shape index (κ1) is 18.8. The number of nitrogens with one attached hydrogen (secondary N) is 1. The van der Waals surface area contributed by atoms with Crippen molar-refractivity contribution < 1.29 is 17.6 Å².